The molecule has 1 aromatic carbocycles. The largest absolute Gasteiger partial charge is 0.496 e. The summed E-state index contributed by atoms with van der Waals surface area (Å²) in [5, 5.41) is 0.966. The Balaban J connectivity index is 2.87. The van der Waals surface area contributed by atoms with Crippen LogP contribution < -0.4 is 10.5 Å². The van der Waals surface area contributed by atoms with Crippen molar-refractivity contribution in [3.63, 3.8) is 0 Å². The molecule has 0 saturated carbocycles. The van der Waals surface area contributed by atoms with E-state index in [2.05, 4.69) is 20.3 Å². The maximum absolute atomic E-state index is 5.85. The van der Waals surface area contributed by atoms with E-state index in [1.54, 1.807) is 13.3 Å². The highest BCUT2D eigenvalue weighted by molar-refractivity contribution is 9.10. The van der Waals surface area contributed by atoms with E-state index in [0.717, 1.165) is 26.0 Å². The highest BCUT2D eigenvalue weighted by atomic mass is 79.9. The Morgan fingerprint density at radius 3 is 3.08 bits per heavy atom. The van der Waals surface area contributed by atoms with Crippen molar-refractivity contribution in [1.29, 1.82) is 0 Å². The van der Waals surface area contributed by atoms with E-state index in [1.165, 1.54) is 11.5 Å². The first-order chi connectivity index (χ1) is 6.24. The first-order valence-corrected chi connectivity index (χ1v) is 5.17. The maximum Gasteiger partial charge on any atom is 0.130 e. The Bertz CT molecular complexity index is 455. The molecule has 13 heavy (non-hydrogen) atoms. The van der Waals surface area contributed by atoms with Gasteiger partial charge >= 0.3 is 0 Å². The minimum atomic E-state index is 0.721. The van der Waals surface area contributed by atoms with Crippen molar-refractivity contribution in [3.05, 3.63) is 16.7 Å². The number of ether oxygens (including phenoxy) is 1. The van der Waals surface area contributed by atoms with E-state index in [9.17, 15) is 0 Å². The van der Waals surface area contributed by atoms with Crippen LogP contribution in [0.3, 0.4) is 0 Å². The number of nitrogens with zero attached hydrogens (tertiary/aromatic N) is 1. The van der Waals surface area contributed by atoms with E-state index >= 15 is 0 Å². The van der Waals surface area contributed by atoms with Gasteiger partial charge in [-0.25, -0.2) is 0 Å². The fourth-order valence-corrected chi connectivity index (χ4v) is 2.42. The molecule has 1 aromatic heterocycles. The average Bonchev–Trinajstić information content (AvgIpc) is 2.60. The van der Waals surface area contributed by atoms with Gasteiger partial charge in [0.15, 0.2) is 0 Å². The molecule has 0 aliphatic carbocycles. The summed E-state index contributed by atoms with van der Waals surface area (Å²) in [6.45, 7) is 0. The van der Waals surface area contributed by atoms with Gasteiger partial charge in [-0.05, 0) is 33.5 Å². The van der Waals surface area contributed by atoms with Gasteiger partial charge in [-0.15, -0.1) is 0 Å². The summed E-state index contributed by atoms with van der Waals surface area (Å²) >= 11 is 4.74. The fraction of sp³-hybridized carbons (Fsp3) is 0.125. The Morgan fingerprint density at radius 1 is 1.62 bits per heavy atom. The summed E-state index contributed by atoms with van der Waals surface area (Å²) in [6, 6.07) is 1.85. The third kappa shape index (κ3) is 1.28. The number of hydrogen-bond acceptors (Lipinski definition) is 4. The standard InChI is InChI=1S/C8H7BrN2OS/c1-12-6-2-5(9)7(10)8-4(6)3-11-13-8/h2-3H,10H2,1H3. The number of benzene rings is 1. The van der Waals surface area contributed by atoms with Crippen molar-refractivity contribution in [2.45, 2.75) is 0 Å². The van der Waals surface area contributed by atoms with Crippen molar-refractivity contribution < 1.29 is 4.74 Å². The number of methoxy groups -OCH3 is 1. The van der Waals surface area contributed by atoms with Crippen LogP contribution in [0.2, 0.25) is 0 Å². The van der Waals surface area contributed by atoms with Gasteiger partial charge < -0.3 is 10.5 Å². The lowest BCUT2D eigenvalue weighted by Crippen LogP contribution is -1.89. The van der Waals surface area contributed by atoms with Gasteiger partial charge in [0, 0.05) is 4.47 Å². The molecule has 0 bridgehead atoms. The Morgan fingerprint density at radius 2 is 2.38 bits per heavy atom. The van der Waals surface area contributed by atoms with E-state index in [1.807, 2.05) is 6.07 Å². The van der Waals surface area contributed by atoms with Crippen molar-refractivity contribution in [1.82, 2.24) is 4.37 Å². The fourth-order valence-electron chi connectivity index (χ4n) is 1.16. The zero-order valence-electron chi connectivity index (χ0n) is 6.87. The lowest BCUT2D eigenvalue weighted by atomic mass is 10.2. The van der Waals surface area contributed by atoms with Crippen molar-refractivity contribution >= 4 is 43.2 Å². The number of nitrogens with two attached hydrogens (primary N) is 1. The van der Waals surface area contributed by atoms with E-state index in [-0.39, 0.29) is 0 Å². The minimum absolute atomic E-state index is 0.721. The molecule has 0 spiro atoms. The molecule has 68 valence electrons. The number of hydrogen-bond donors (Lipinski definition) is 1. The van der Waals surface area contributed by atoms with Gasteiger partial charge in [-0.2, -0.15) is 4.37 Å². The molecule has 0 saturated heterocycles. The molecule has 0 aliphatic rings. The van der Waals surface area contributed by atoms with Crippen molar-refractivity contribution in [2.24, 2.45) is 0 Å². The molecule has 0 atom stereocenters. The molecule has 2 aromatic rings. The number of anilines is 1. The Labute approximate surface area is 87.8 Å². The highest BCUT2D eigenvalue weighted by Gasteiger charge is 2.10. The molecule has 0 aliphatic heterocycles. The first-order valence-electron chi connectivity index (χ1n) is 3.60. The van der Waals surface area contributed by atoms with Gasteiger partial charge in [0.05, 0.1) is 29.1 Å². The first kappa shape index (κ1) is 8.77. The summed E-state index contributed by atoms with van der Waals surface area (Å²) in [5.74, 6) is 0.796. The molecule has 2 rings (SSSR count). The molecule has 1 heterocycles. The zero-order valence-corrected chi connectivity index (χ0v) is 9.28. The smallest absolute Gasteiger partial charge is 0.130 e. The summed E-state index contributed by atoms with van der Waals surface area (Å²) < 4.78 is 11.1. The predicted molar refractivity (Wildman–Crippen MR) is 58.3 cm³/mol. The van der Waals surface area contributed by atoms with Crippen LogP contribution in [0.5, 0.6) is 5.75 Å². The maximum atomic E-state index is 5.85. The van der Waals surface area contributed by atoms with Crippen LogP contribution in [-0.2, 0) is 0 Å². The topological polar surface area (TPSA) is 48.1 Å². The molecule has 0 amide bonds. The Hall–Kier alpha value is -0.810. The van der Waals surface area contributed by atoms with Gasteiger partial charge in [-0.3, -0.25) is 0 Å². The molecule has 0 unspecified atom stereocenters. The summed E-state index contributed by atoms with van der Waals surface area (Å²) in [4.78, 5) is 0. The lowest BCUT2D eigenvalue weighted by Gasteiger charge is -2.04. The van der Waals surface area contributed by atoms with Crippen LogP contribution in [0.4, 0.5) is 5.69 Å². The summed E-state index contributed by atoms with van der Waals surface area (Å²) in [7, 11) is 1.63. The van der Waals surface area contributed by atoms with Crippen molar-refractivity contribution in [2.75, 3.05) is 12.8 Å². The quantitative estimate of drug-likeness (QED) is 0.801. The molecular formula is C8H7BrN2OS. The molecule has 0 radical (unpaired) electrons. The molecule has 5 heteroatoms. The monoisotopic (exact) mass is 258 g/mol. The summed E-state index contributed by atoms with van der Waals surface area (Å²) in [6.07, 6.45) is 1.77. The van der Waals surface area contributed by atoms with Gasteiger partial charge in [-0.1, -0.05) is 0 Å². The van der Waals surface area contributed by atoms with Gasteiger partial charge in [0.2, 0.25) is 0 Å². The number of aromatic nitrogens is 1. The van der Waals surface area contributed by atoms with Gasteiger partial charge in [0.25, 0.3) is 0 Å². The summed E-state index contributed by atoms with van der Waals surface area (Å²) in [5.41, 5.74) is 6.57. The molecule has 0 fully saturated rings. The lowest BCUT2D eigenvalue weighted by molar-refractivity contribution is 0.419. The van der Waals surface area contributed by atoms with Crippen LogP contribution in [-0.4, -0.2) is 11.5 Å². The average molecular weight is 259 g/mol. The molecular weight excluding hydrogens is 252 g/mol. The molecule has 2 N–H and O–H groups in total. The second-order valence-corrected chi connectivity index (χ2v) is 4.20. The number of nitrogen functional groups attached to an aromatic ring is 1. The number of fused-ring (bicyclic) bond motifs is 1. The molecule has 3 nitrogen and oxygen atoms in total. The predicted octanol–water partition coefficient (Wildman–Crippen LogP) is 2.65. The van der Waals surface area contributed by atoms with Crippen LogP contribution in [0.15, 0.2) is 16.7 Å². The van der Waals surface area contributed by atoms with E-state index in [0.29, 0.717) is 0 Å². The SMILES string of the molecule is COc1cc(Br)c(N)c2sncc12. The normalized spacial score (nSPS) is 10.6. The second kappa shape index (κ2) is 3.16. The number of rotatable bonds is 1. The highest BCUT2D eigenvalue weighted by Crippen LogP contribution is 2.37. The van der Waals surface area contributed by atoms with Gasteiger partial charge in [0.1, 0.15) is 5.75 Å². The van der Waals surface area contributed by atoms with E-state index in [4.69, 9.17) is 10.5 Å². The van der Waals surface area contributed by atoms with E-state index < -0.39 is 0 Å². The van der Waals surface area contributed by atoms with Crippen LogP contribution in [0.1, 0.15) is 0 Å². The van der Waals surface area contributed by atoms with Crippen LogP contribution in [0, 0.1) is 0 Å². The second-order valence-electron chi connectivity index (χ2n) is 2.54. The zero-order chi connectivity index (χ0) is 9.42. The van der Waals surface area contributed by atoms with Crippen LogP contribution in [0.25, 0.3) is 10.1 Å². The van der Waals surface area contributed by atoms with Crippen molar-refractivity contribution in [3.8, 4) is 5.75 Å². The third-order valence-corrected chi connectivity index (χ3v) is 3.30. The number of halogens is 1. The minimum Gasteiger partial charge on any atom is -0.496 e. The third-order valence-electron chi connectivity index (χ3n) is 1.82. The Kier molecular flexibility index (Phi) is 2.13. The van der Waals surface area contributed by atoms with Crippen LogP contribution >= 0.6 is 27.5 Å².